The molecule has 0 fully saturated rings. The average Bonchev–Trinajstić information content (AvgIpc) is 2.37. The second kappa shape index (κ2) is 6.18. The lowest BCUT2D eigenvalue weighted by atomic mass is 10.2. The highest BCUT2D eigenvalue weighted by atomic mass is 16.5. The van der Waals surface area contributed by atoms with Gasteiger partial charge in [0.1, 0.15) is 5.82 Å². The molecule has 2 rings (SSSR count). The number of hydrogen-bond donors (Lipinski definition) is 1. The molecule has 1 N–H and O–H groups in total. The van der Waals surface area contributed by atoms with E-state index in [0.29, 0.717) is 12.4 Å². The zero-order valence-corrected chi connectivity index (χ0v) is 11.6. The topological polar surface area (TPSA) is 47.0 Å². The molecule has 0 bridgehead atoms. The lowest BCUT2D eigenvalue weighted by Crippen LogP contribution is -2.11. The molecule has 19 heavy (non-hydrogen) atoms. The summed E-state index contributed by atoms with van der Waals surface area (Å²) in [6.07, 6.45) is 1.86. The molecule has 2 aromatic heterocycles. The zero-order valence-electron chi connectivity index (χ0n) is 11.6. The molecular formula is C15H19N3O. The predicted molar refractivity (Wildman–Crippen MR) is 76.3 cm³/mol. The monoisotopic (exact) mass is 257 g/mol. The normalized spacial score (nSPS) is 10.5. The maximum absolute atomic E-state index is 5.69. The Morgan fingerprint density at radius 1 is 1.21 bits per heavy atom. The van der Waals surface area contributed by atoms with Crippen LogP contribution in [0.15, 0.2) is 36.5 Å². The minimum absolute atomic E-state index is 0.116. The summed E-state index contributed by atoms with van der Waals surface area (Å²) in [5.41, 5.74) is 2.02. The van der Waals surface area contributed by atoms with Crippen molar-refractivity contribution in [1.82, 2.24) is 9.97 Å². The fourth-order valence-corrected chi connectivity index (χ4v) is 1.72. The number of pyridine rings is 2. The van der Waals surface area contributed by atoms with Gasteiger partial charge in [-0.1, -0.05) is 12.1 Å². The molecule has 0 aliphatic heterocycles. The fraction of sp³-hybridized carbons (Fsp3) is 0.333. The van der Waals surface area contributed by atoms with E-state index in [2.05, 4.69) is 15.3 Å². The first-order valence-corrected chi connectivity index (χ1v) is 6.43. The van der Waals surface area contributed by atoms with Crippen molar-refractivity contribution in [2.75, 3.05) is 5.32 Å². The lowest BCUT2D eigenvalue weighted by molar-refractivity contribution is 0.230. The third-order valence-electron chi connectivity index (χ3n) is 2.55. The molecule has 2 aromatic rings. The Morgan fingerprint density at radius 2 is 2.05 bits per heavy atom. The fourth-order valence-electron chi connectivity index (χ4n) is 1.72. The summed E-state index contributed by atoms with van der Waals surface area (Å²) in [5, 5.41) is 3.28. The Hall–Kier alpha value is -2.10. The first-order valence-electron chi connectivity index (χ1n) is 6.43. The van der Waals surface area contributed by atoms with Crippen molar-refractivity contribution in [3.63, 3.8) is 0 Å². The van der Waals surface area contributed by atoms with E-state index in [4.69, 9.17) is 4.74 Å². The van der Waals surface area contributed by atoms with Crippen LogP contribution in [0.3, 0.4) is 0 Å². The van der Waals surface area contributed by atoms with Gasteiger partial charge < -0.3 is 10.1 Å². The minimum atomic E-state index is 0.116. The molecule has 0 amide bonds. The van der Waals surface area contributed by atoms with Crippen molar-refractivity contribution in [2.45, 2.75) is 33.4 Å². The smallest absolute Gasteiger partial charge is 0.218 e. The first-order chi connectivity index (χ1) is 9.15. The predicted octanol–water partition coefficient (Wildman–Crippen LogP) is 3.18. The lowest BCUT2D eigenvalue weighted by Gasteiger charge is -2.13. The number of aryl methyl sites for hydroxylation is 1. The molecule has 0 atom stereocenters. The number of anilines is 1. The molecule has 0 saturated carbocycles. The third kappa shape index (κ3) is 3.95. The number of aromatic nitrogens is 2. The van der Waals surface area contributed by atoms with E-state index in [1.807, 2.05) is 51.1 Å². The van der Waals surface area contributed by atoms with Gasteiger partial charge >= 0.3 is 0 Å². The van der Waals surface area contributed by atoms with Crippen LogP contribution in [-0.2, 0) is 6.54 Å². The van der Waals surface area contributed by atoms with E-state index < -0.39 is 0 Å². The van der Waals surface area contributed by atoms with Gasteiger partial charge in [-0.05, 0) is 39.0 Å². The first kappa shape index (κ1) is 13.3. The summed E-state index contributed by atoms with van der Waals surface area (Å²) >= 11 is 0. The molecule has 0 aliphatic carbocycles. The molecule has 0 unspecified atom stereocenters. The van der Waals surface area contributed by atoms with Crippen molar-refractivity contribution in [1.29, 1.82) is 0 Å². The molecule has 0 spiro atoms. The number of rotatable bonds is 5. The summed E-state index contributed by atoms with van der Waals surface area (Å²) in [4.78, 5) is 8.67. The van der Waals surface area contributed by atoms with Crippen LogP contribution in [0, 0.1) is 6.92 Å². The van der Waals surface area contributed by atoms with Gasteiger partial charge in [-0.25, -0.2) is 9.97 Å². The number of nitrogens with one attached hydrogen (secondary N) is 1. The van der Waals surface area contributed by atoms with E-state index in [1.165, 1.54) is 0 Å². The molecule has 0 radical (unpaired) electrons. The van der Waals surface area contributed by atoms with Gasteiger partial charge in [-0.15, -0.1) is 0 Å². The van der Waals surface area contributed by atoms with Crippen LogP contribution < -0.4 is 10.1 Å². The van der Waals surface area contributed by atoms with Crippen molar-refractivity contribution in [3.8, 4) is 5.88 Å². The van der Waals surface area contributed by atoms with E-state index in [9.17, 15) is 0 Å². The highest BCUT2D eigenvalue weighted by Gasteiger charge is 2.06. The van der Waals surface area contributed by atoms with Crippen LogP contribution in [0.5, 0.6) is 5.88 Å². The zero-order chi connectivity index (χ0) is 13.7. The standard InChI is InChI=1S/C15H19N3O/c1-11(2)19-15-13(7-5-9-16-15)10-17-14-8-4-6-12(3)18-14/h4-9,11H,10H2,1-3H3,(H,17,18). The molecular weight excluding hydrogens is 238 g/mol. The highest BCUT2D eigenvalue weighted by Crippen LogP contribution is 2.17. The summed E-state index contributed by atoms with van der Waals surface area (Å²) < 4.78 is 5.69. The highest BCUT2D eigenvalue weighted by molar-refractivity contribution is 5.38. The van der Waals surface area contributed by atoms with Crippen LogP contribution in [0.25, 0.3) is 0 Å². The second-order valence-electron chi connectivity index (χ2n) is 4.65. The van der Waals surface area contributed by atoms with E-state index >= 15 is 0 Å². The molecule has 100 valence electrons. The van der Waals surface area contributed by atoms with Crippen molar-refractivity contribution in [3.05, 3.63) is 47.8 Å². The van der Waals surface area contributed by atoms with Crippen LogP contribution in [0.2, 0.25) is 0 Å². The van der Waals surface area contributed by atoms with Crippen molar-refractivity contribution < 1.29 is 4.74 Å². The molecule has 4 nitrogen and oxygen atoms in total. The second-order valence-corrected chi connectivity index (χ2v) is 4.65. The van der Waals surface area contributed by atoms with Crippen LogP contribution in [-0.4, -0.2) is 16.1 Å². The molecule has 0 aliphatic rings. The van der Waals surface area contributed by atoms with Gasteiger partial charge in [0.2, 0.25) is 5.88 Å². The SMILES string of the molecule is Cc1cccc(NCc2cccnc2OC(C)C)n1. The van der Waals surface area contributed by atoms with E-state index in [-0.39, 0.29) is 6.10 Å². The van der Waals surface area contributed by atoms with Gasteiger partial charge in [0.05, 0.1) is 6.10 Å². The van der Waals surface area contributed by atoms with Crippen molar-refractivity contribution >= 4 is 5.82 Å². The molecule has 0 saturated heterocycles. The summed E-state index contributed by atoms with van der Waals surface area (Å²) in [7, 11) is 0. The van der Waals surface area contributed by atoms with Gasteiger partial charge in [-0.3, -0.25) is 0 Å². The Morgan fingerprint density at radius 3 is 2.79 bits per heavy atom. The minimum Gasteiger partial charge on any atom is -0.475 e. The molecule has 4 heteroatoms. The van der Waals surface area contributed by atoms with Crippen LogP contribution >= 0.6 is 0 Å². The largest absolute Gasteiger partial charge is 0.475 e. The molecule has 0 aromatic carbocycles. The Labute approximate surface area is 113 Å². The van der Waals surface area contributed by atoms with Gasteiger partial charge in [0.15, 0.2) is 0 Å². The average molecular weight is 257 g/mol. The van der Waals surface area contributed by atoms with Gasteiger partial charge in [-0.2, -0.15) is 0 Å². The van der Waals surface area contributed by atoms with E-state index in [1.54, 1.807) is 6.20 Å². The Balaban J connectivity index is 2.07. The summed E-state index contributed by atoms with van der Waals surface area (Å²) in [5.74, 6) is 1.54. The number of hydrogen-bond acceptors (Lipinski definition) is 4. The van der Waals surface area contributed by atoms with Crippen LogP contribution in [0.4, 0.5) is 5.82 Å². The van der Waals surface area contributed by atoms with Crippen LogP contribution in [0.1, 0.15) is 25.1 Å². The van der Waals surface area contributed by atoms with Gasteiger partial charge in [0.25, 0.3) is 0 Å². The third-order valence-corrected chi connectivity index (χ3v) is 2.55. The number of ether oxygens (including phenoxy) is 1. The summed E-state index contributed by atoms with van der Waals surface area (Å²) in [6.45, 7) is 6.61. The Bertz CT molecular complexity index is 540. The molecule has 2 heterocycles. The Kier molecular flexibility index (Phi) is 4.34. The maximum atomic E-state index is 5.69. The maximum Gasteiger partial charge on any atom is 0.218 e. The van der Waals surface area contributed by atoms with Gasteiger partial charge in [0, 0.05) is 24.0 Å². The quantitative estimate of drug-likeness (QED) is 0.893. The summed E-state index contributed by atoms with van der Waals surface area (Å²) in [6, 6.07) is 9.83. The van der Waals surface area contributed by atoms with E-state index in [0.717, 1.165) is 17.1 Å². The van der Waals surface area contributed by atoms with Crippen molar-refractivity contribution in [2.24, 2.45) is 0 Å². The number of nitrogens with zero attached hydrogens (tertiary/aromatic N) is 2.